The summed E-state index contributed by atoms with van der Waals surface area (Å²) in [6, 6.07) is 0. The van der Waals surface area contributed by atoms with Gasteiger partial charge < -0.3 is 4.74 Å². The molecule has 7 nitrogen and oxygen atoms in total. The Morgan fingerprint density at radius 1 is 1.43 bits per heavy atom. The smallest absolute Gasteiger partial charge is 0.381 e. The number of hydrogen-bond donors (Lipinski definition) is 1. The summed E-state index contributed by atoms with van der Waals surface area (Å²) in [6.07, 6.45) is 3.07. The number of anilines is 1. The molecule has 1 aliphatic carbocycles. The standard InChI is InChI=1S/C12H16N2O5S2/c1-2-19-11(16)10(15)9-7-20-12(13-9)14-21(17,18)8-5-3-4-6-8/h7-8H,2-6H2,1H3,(H,13,14). The predicted octanol–water partition coefficient (Wildman–Crippen LogP) is 1.57. The molecule has 2 rings (SSSR count). The second-order valence-corrected chi connectivity index (χ2v) is 7.46. The normalized spacial score (nSPS) is 15.9. The van der Waals surface area contributed by atoms with Crippen molar-refractivity contribution in [3.05, 3.63) is 11.1 Å². The van der Waals surface area contributed by atoms with Crippen molar-refractivity contribution in [2.45, 2.75) is 37.9 Å². The Morgan fingerprint density at radius 3 is 2.71 bits per heavy atom. The summed E-state index contributed by atoms with van der Waals surface area (Å²) in [7, 11) is -3.49. The summed E-state index contributed by atoms with van der Waals surface area (Å²) in [5.41, 5.74) is -0.109. The number of hydrogen-bond acceptors (Lipinski definition) is 7. The van der Waals surface area contributed by atoms with Gasteiger partial charge in [-0.25, -0.2) is 18.2 Å². The molecule has 0 aliphatic heterocycles. The van der Waals surface area contributed by atoms with Gasteiger partial charge in [0.1, 0.15) is 5.69 Å². The van der Waals surface area contributed by atoms with Crippen LogP contribution in [0.2, 0.25) is 0 Å². The number of thiazole rings is 1. The largest absolute Gasteiger partial charge is 0.460 e. The van der Waals surface area contributed by atoms with Crippen LogP contribution in [0.1, 0.15) is 43.1 Å². The molecule has 21 heavy (non-hydrogen) atoms. The van der Waals surface area contributed by atoms with E-state index in [9.17, 15) is 18.0 Å². The molecule has 1 heterocycles. The number of ketones is 1. The number of aromatic nitrogens is 1. The van der Waals surface area contributed by atoms with Gasteiger partial charge >= 0.3 is 5.97 Å². The van der Waals surface area contributed by atoms with Gasteiger partial charge in [0.25, 0.3) is 5.78 Å². The topological polar surface area (TPSA) is 102 Å². The fraction of sp³-hybridized carbons (Fsp3) is 0.583. The first kappa shape index (κ1) is 15.9. The fourth-order valence-corrected chi connectivity index (χ4v) is 4.61. The van der Waals surface area contributed by atoms with Gasteiger partial charge in [-0.1, -0.05) is 12.8 Å². The van der Waals surface area contributed by atoms with Crippen LogP contribution in [-0.4, -0.2) is 37.0 Å². The summed E-state index contributed by atoms with van der Waals surface area (Å²) in [5.74, 6) is -1.87. The summed E-state index contributed by atoms with van der Waals surface area (Å²) >= 11 is 0.969. The molecule has 1 aromatic rings. The van der Waals surface area contributed by atoms with E-state index in [2.05, 4.69) is 14.4 Å². The highest BCUT2D eigenvalue weighted by Crippen LogP contribution is 2.27. The zero-order chi connectivity index (χ0) is 15.5. The summed E-state index contributed by atoms with van der Waals surface area (Å²) < 4.78 is 31.2. The molecule has 0 radical (unpaired) electrons. The maximum atomic E-state index is 12.1. The summed E-state index contributed by atoms with van der Waals surface area (Å²) in [5, 5.41) is 1.02. The van der Waals surface area contributed by atoms with E-state index in [0.717, 1.165) is 24.2 Å². The number of nitrogens with zero attached hydrogens (tertiary/aromatic N) is 1. The third-order valence-electron chi connectivity index (χ3n) is 3.17. The van der Waals surface area contributed by atoms with Gasteiger partial charge in [0.15, 0.2) is 5.13 Å². The number of Topliss-reactive ketones (excluding diaryl/α,β-unsaturated/α-hetero) is 1. The van der Waals surface area contributed by atoms with Crippen LogP contribution in [-0.2, 0) is 19.6 Å². The van der Waals surface area contributed by atoms with Crippen LogP contribution in [0.3, 0.4) is 0 Å². The van der Waals surface area contributed by atoms with E-state index < -0.39 is 27.0 Å². The summed E-state index contributed by atoms with van der Waals surface area (Å²) in [6.45, 7) is 1.68. The molecule has 116 valence electrons. The number of esters is 1. The third-order valence-corrected chi connectivity index (χ3v) is 5.88. The molecule has 0 aromatic carbocycles. The van der Waals surface area contributed by atoms with Crippen LogP contribution in [0, 0.1) is 0 Å². The Hall–Kier alpha value is -1.48. The van der Waals surface area contributed by atoms with Crippen molar-refractivity contribution in [3.8, 4) is 0 Å². The van der Waals surface area contributed by atoms with E-state index in [1.54, 1.807) is 6.92 Å². The molecular weight excluding hydrogens is 316 g/mol. The van der Waals surface area contributed by atoms with Gasteiger partial charge in [0.2, 0.25) is 10.0 Å². The van der Waals surface area contributed by atoms with E-state index in [1.165, 1.54) is 5.38 Å². The minimum atomic E-state index is -3.49. The zero-order valence-electron chi connectivity index (χ0n) is 11.5. The summed E-state index contributed by atoms with van der Waals surface area (Å²) in [4.78, 5) is 26.8. The first-order valence-corrected chi connectivity index (χ1v) is 9.05. The molecular formula is C12H16N2O5S2. The number of rotatable bonds is 6. The Kier molecular flexibility index (Phi) is 4.94. The van der Waals surface area contributed by atoms with E-state index in [1.807, 2.05) is 0 Å². The first-order chi connectivity index (χ1) is 9.94. The number of carbonyl (C=O) groups is 2. The van der Waals surface area contributed by atoms with Crippen LogP contribution in [0.5, 0.6) is 0 Å². The van der Waals surface area contributed by atoms with Crippen LogP contribution in [0.4, 0.5) is 5.13 Å². The molecule has 0 spiro atoms. The van der Waals surface area contributed by atoms with E-state index in [0.29, 0.717) is 12.8 Å². The molecule has 0 amide bonds. The van der Waals surface area contributed by atoms with Crippen LogP contribution in [0.15, 0.2) is 5.38 Å². The maximum Gasteiger partial charge on any atom is 0.381 e. The lowest BCUT2D eigenvalue weighted by Crippen LogP contribution is -2.25. The molecule has 0 saturated heterocycles. The Labute approximate surface area is 126 Å². The second-order valence-electron chi connectivity index (χ2n) is 4.64. The Morgan fingerprint density at radius 2 is 2.10 bits per heavy atom. The first-order valence-electron chi connectivity index (χ1n) is 6.62. The van der Waals surface area contributed by atoms with E-state index >= 15 is 0 Å². The van der Waals surface area contributed by atoms with Gasteiger partial charge in [-0.3, -0.25) is 9.52 Å². The molecule has 1 N–H and O–H groups in total. The highest BCUT2D eigenvalue weighted by atomic mass is 32.2. The average molecular weight is 332 g/mol. The van der Waals surface area contributed by atoms with Crippen molar-refractivity contribution >= 4 is 38.2 Å². The van der Waals surface area contributed by atoms with Gasteiger partial charge in [0.05, 0.1) is 11.9 Å². The molecule has 0 atom stereocenters. The Balaban J connectivity index is 2.06. The average Bonchev–Trinajstić information content (AvgIpc) is 3.08. The molecule has 1 saturated carbocycles. The van der Waals surface area contributed by atoms with Crippen molar-refractivity contribution in [2.24, 2.45) is 0 Å². The Bertz CT molecular complexity index is 632. The van der Waals surface area contributed by atoms with Crippen LogP contribution < -0.4 is 4.72 Å². The molecule has 1 aliphatic rings. The highest BCUT2D eigenvalue weighted by Gasteiger charge is 2.30. The predicted molar refractivity (Wildman–Crippen MR) is 77.9 cm³/mol. The van der Waals surface area contributed by atoms with Crippen LogP contribution in [0.25, 0.3) is 0 Å². The third kappa shape index (κ3) is 3.79. The lowest BCUT2D eigenvalue weighted by atomic mass is 10.3. The molecule has 0 unspecified atom stereocenters. The molecule has 0 bridgehead atoms. The number of carbonyl (C=O) groups excluding carboxylic acids is 2. The molecule has 9 heteroatoms. The van der Waals surface area contributed by atoms with Crippen molar-refractivity contribution in [1.29, 1.82) is 0 Å². The van der Waals surface area contributed by atoms with Crippen molar-refractivity contribution in [1.82, 2.24) is 4.98 Å². The van der Waals surface area contributed by atoms with Gasteiger partial charge in [-0.05, 0) is 19.8 Å². The van der Waals surface area contributed by atoms with Gasteiger partial charge in [-0.2, -0.15) is 0 Å². The minimum absolute atomic E-state index is 0.0922. The number of ether oxygens (including phenoxy) is 1. The van der Waals surface area contributed by atoms with Gasteiger partial charge in [0, 0.05) is 5.38 Å². The monoisotopic (exact) mass is 332 g/mol. The molecule has 1 aromatic heterocycles. The lowest BCUT2D eigenvalue weighted by Gasteiger charge is -2.10. The SMILES string of the molecule is CCOC(=O)C(=O)c1csc(NS(=O)(=O)C2CCCC2)n1. The van der Waals surface area contributed by atoms with E-state index in [-0.39, 0.29) is 17.4 Å². The van der Waals surface area contributed by atoms with Gasteiger partial charge in [-0.15, -0.1) is 11.3 Å². The second kappa shape index (κ2) is 6.52. The number of nitrogens with one attached hydrogen (secondary N) is 1. The van der Waals surface area contributed by atoms with Crippen LogP contribution >= 0.6 is 11.3 Å². The van der Waals surface area contributed by atoms with Crippen molar-refractivity contribution in [3.63, 3.8) is 0 Å². The number of sulfonamides is 1. The van der Waals surface area contributed by atoms with E-state index in [4.69, 9.17) is 0 Å². The lowest BCUT2D eigenvalue weighted by molar-refractivity contribution is -0.137. The maximum absolute atomic E-state index is 12.1. The molecule has 1 fully saturated rings. The van der Waals surface area contributed by atoms with Crippen molar-refractivity contribution < 1.29 is 22.7 Å². The highest BCUT2D eigenvalue weighted by molar-refractivity contribution is 7.93. The fourth-order valence-electron chi connectivity index (χ4n) is 2.13. The minimum Gasteiger partial charge on any atom is -0.460 e. The zero-order valence-corrected chi connectivity index (χ0v) is 13.1. The van der Waals surface area contributed by atoms with Crippen molar-refractivity contribution in [2.75, 3.05) is 11.3 Å². The quantitative estimate of drug-likeness (QED) is 0.482.